The Labute approximate surface area is 149 Å². The monoisotopic (exact) mass is 358 g/mol. The molecule has 26 heavy (non-hydrogen) atoms. The molecule has 1 unspecified atom stereocenters. The number of halogens is 1. The van der Waals surface area contributed by atoms with Crippen molar-refractivity contribution in [3.05, 3.63) is 53.6 Å². The Balaban J connectivity index is 1.65. The van der Waals surface area contributed by atoms with Crippen molar-refractivity contribution in [3.63, 3.8) is 0 Å². The quantitative estimate of drug-likeness (QED) is 0.774. The Bertz CT molecular complexity index is 826. The van der Waals surface area contributed by atoms with Crippen LogP contribution >= 0.6 is 0 Å². The molecule has 4 rings (SSSR count). The van der Waals surface area contributed by atoms with E-state index in [0.29, 0.717) is 18.9 Å². The molecule has 1 fully saturated rings. The van der Waals surface area contributed by atoms with Crippen molar-refractivity contribution in [3.8, 4) is 0 Å². The molecule has 136 valence electrons. The smallest absolute Gasteiger partial charge is 0.337 e. The van der Waals surface area contributed by atoms with Gasteiger partial charge in [-0.3, -0.25) is 4.98 Å². The number of nitrogens with one attached hydrogen (secondary N) is 2. The Hall–Kier alpha value is -2.71. The molecule has 1 saturated heterocycles. The largest absolute Gasteiger partial charge is 0.478 e. The van der Waals surface area contributed by atoms with E-state index in [2.05, 4.69) is 15.7 Å². The van der Waals surface area contributed by atoms with E-state index in [4.69, 9.17) is 4.74 Å². The number of carboxylic acids is 1. The molecule has 1 aromatic carbocycles. The molecule has 2 aromatic rings. The number of carboxylic acid groups (broad SMARTS) is 1. The molecular weight excluding hydrogens is 339 g/mol. The minimum atomic E-state index is -1.05. The number of aromatic carboxylic acids is 1. The predicted molar refractivity (Wildman–Crippen MR) is 93.4 cm³/mol. The van der Waals surface area contributed by atoms with Crippen molar-refractivity contribution < 1.29 is 19.0 Å². The first-order chi connectivity index (χ1) is 12.6. The van der Waals surface area contributed by atoms with Gasteiger partial charge in [0.05, 0.1) is 23.1 Å². The van der Waals surface area contributed by atoms with Crippen LogP contribution in [0, 0.1) is 5.82 Å². The van der Waals surface area contributed by atoms with Gasteiger partial charge in [0, 0.05) is 31.0 Å². The van der Waals surface area contributed by atoms with Crippen molar-refractivity contribution in [2.75, 3.05) is 23.5 Å². The Morgan fingerprint density at radius 2 is 2.15 bits per heavy atom. The number of ether oxygens (including phenoxy) is 1. The van der Waals surface area contributed by atoms with Crippen molar-refractivity contribution in [1.82, 2.24) is 10.4 Å². The average molecular weight is 358 g/mol. The maximum absolute atomic E-state index is 13.9. The molecule has 7 nitrogen and oxygen atoms in total. The fourth-order valence-electron chi connectivity index (χ4n) is 3.46. The van der Waals surface area contributed by atoms with Crippen molar-refractivity contribution in [2.24, 2.45) is 0 Å². The molecule has 0 saturated carbocycles. The highest BCUT2D eigenvalue weighted by Crippen LogP contribution is 2.37. The summed E-state index contributed by atoms with van der Waals surface area (Å²) in [5.74, 6) is -1.38. The second-order valence-electron chi connectivity index (χ2n) is 6.35. The van der Waals surface area contributed by atoms with E-state index in [0.717, 1.165) is 24.1 Å². The van der Waals surface area contributed by atoms with Gasteiger partial charge in [0.25, 0.3) is 0 Å². The highest BCUT2D eigenvalue weighted by molar-refractivity contribution is 5.94. The van der Waals surface area contributed by atoms with E-state index in [1.54, 1.807) is 6.07 Å². The van der Waals surface area contributed by atoms with Crippen LogP contribution < -0.4 is 15.8 Å². The van der Waals surface area contributed by atoms with Gasteiger partial charge in [-0.15, -0.1) is 0 Å². The Morgan fingerprint density at radius 1 is 1.35 bits per heavy atom. The Kier molecular flexibility index (Phi) is 4.44. The summed E-state index contributed by atoms with van der Waals surface area (Å²) in [6, 6.07) is 6.31. The molecule has 1 aromatic heterocycles. The highest BCUT2D eigenvalue weighted by Gasteiger charge is 2.34. The minimum absolute atomic E-state index is 0.115. The van der Waals surface area contributed by atoms with Crippen LogP contribution in [-0.2, 0) is 4.74 Å². The van der Waals surface area contributed by atoms with Crippen LogP contribution in [0.15, 0.2) is 36.7 Å². The van der Waals surface area contributed by atoms with Gasteiger partial charge < -0.3 is 20.2 Å². The summed E-state index contributed by atoms with van der Waals surface area (Å²) in [6.07, 6.45) is 4.17. The molecule has 0 bridgehead atoms. The van der Waals surface area contributed by atoms with Crippen LogP contribution in [-0.4, -0.2) is 35.3 Å². The number of hydrazine groups is 1. The number of benzene rings is 1. The molecule has 0 spiro atoms. The van der Waals surface area contributed by atoms with E-state index >= 15 is 0 Å². The number of carbonyl (C=O) groups is 1. The number of hydrogen-bond donors (Lipinski definition) is 3. The average Bonchev–Trinajstić information content (AvgIpc) is 3.00. The molecule has 2 aliphatic rings. The summed E-state index contributed by atoms with van der Waals surface area (Å²) in [7, 11) is 0. The molecule has 0 aliphatic carbocycles. The second-order valence-corrected chi connectivity index (χ2v) is 6.35. The summed E-state index contributed by atoms with van der Waals surface area (Å²) in [6.45, 7) is 1.37. The van der Waals surface area contributed by atoms with Gasteiger partial charge in [0.15, 0.2) is 0 Å². The number of rotatable bonds is 4. The third-order valence-corrected chi connectivity index (χ3v) is 4.74. The van der Waals surface area contributed by atoms with Gasteiger partial charge in [-0.25, -0.2) is 14.6 Å². The van der Waals surface area contributed by atoms with E-state index in [-0.39, 0.29) is 17.4 Å². The molecule has 0 radical (unpaired) electrons. The molecule has 3 N–H and O–H groups in total. The summed E-state index contributed by atoms with van der Waals surface area (Å²) >= 11 is 0. The lowest BCUT2D eigenvalue weighted by atomic mass is 10.1. The lowest BCUT2D eigenvalue weighted by molar-refractivity contribution is 0.0697. The summed E-state index contributed by atoms with van der Waals surface area (Å²) in [4.78, 5) is 15.4. The lowest BCUT2D eigenvalue weighted by Crippen LogP contribution is -2.47. The van der Waals surface area contributed by atoms with Crippen LogP contribution in [0.5, 0.6) is 0 Å². The maximum atomic E-state index is 13.9. The normalized spacial score (nSPS) is 20.0. The number of hydrogen-bond acceptors (Lipinski definition) is 6. The third kappa shape index (κ3) is 3.09. The van der Waals surface area contributed by atoms with Crippen LogP contribution in [0.3, 0.4) is 0 Å². The molecule has 2 aliphatic heterocycles. The lowest BCUT2D eigenvalue weighted by Gasteiger charge is -2.33. The molecular formula is C18H19FN4O3. The van der Waals surface area contributed by atoms with Crippen LogP contribution in [0.25, 0.3) is 0 Å². The number of fused-ring (bicyclic) bond motifs is 1. The van der Waals surface area contributed by atoms with Gasteiger partial charge in [0.2, 0.25) is 0 Å². The van der Waals surface area contributed by atoms with Gasteiger partial charge >= 0.3 is 5.97 Å². The van der Waals surface area contributed by atoms with Crippen LogP contribution in [0.2, 0.25) is 0 Å². The van der Waals surface area contributed by atoms with Gasteiger partial charge in [-0.2, -0.15) is 0 Å². The zero-order valence-corrected chi connectivity index (χ0v) is 14.0. The standard InChI is InChI=1S/C18H19FN4O3/c19-11-1-2-16-14(9-11)17(22-23(16)12-4-7-26-8-5-12)21-15-10-20-6-3-13(15)18(24)25/h1-3,6,9-10,12,17,21-22H,4-5,7-8H2,(H,24,25). The van der Waals surface area contributed by atoms with Crippen LogP contribution in [0.1, 0.15) is 34.9 Å². The zero-order valence-electron chi connectivity index (χ0n) is 14.0. The SMILES string of the molecule is O=C(O)c1ccncc1NC1NN(C2CCOCC2)c2ccc(F)cc21. The summed E-state index contributed by atoms with van der Waals surface area (Å²) in [5, 5.41) is 14.5. The minimum Gasteiger partial charge on any atom is -0.478 e. The van der Waals surface area contributed by atoms with Gasteiger partial charge in [0.1, 0.15) is 12.0 Å². The van der Waals surface area contributed by atoms with Gasteiger partial charge in [-0.1, -0.05) is 0 Å². The fraction of sp³-hybridized carbons (Fsp3) is 0.333. The van der Waals surface area contributed by atoms with E-state index < -0.39 is 12.1 Å². The first-order valence-electron chi connectivity index (χ1n) is 8.50. The number of nitrogens with zero attached hydrogens (tertiary/aromatic N) is 2. The first kappa shape index (κ1) is 16.7. The van der Waals surface area contributed by atoms with Crippen LogP contribution in [0.4, 0.5) is 15.8 Å². The van der Waals surface area contributed by atoms with E-state index in [9.17, 15) is 14.3 Å². The van der Waals surface area contributed by atoms with Crippen molar-refractivity contribution in [1.29, 1.82) is 0 Å². The molecule has 0 amide bonds. The molecule has 1 atom stereocenters. The number of aromatic nitrogens is 1. The van der Waals surface area contributed by atoms with E-state index in [1.165, 1.54) is 30.6 Å². The van der Waals surface area contributed by atoms with Crippen molar-refractivity contribution in [2.45, 2.75) is 25.0 Å². The van der Waals surface area contributed by atoms with Gasteiger partial charge in [-0.05, 0) is 37.1 Å². The Morgan fingerprint density at radius 3 is 2.92 bits per heavy atom. The van der Waals surface area contributed by atoms with Crippen molar-refractivity contribution >= 4 is 17.3 Å². The summed E-state index contributed by atoms with van der Waals surface area (Å²) < 4.78 is 19.3. The second kappa shape index (κ2) is 6.89. The maximum Gasteiger partial charge on any atom is 0.337 e. The molecule has 8 heteroatoms. The first-order valence-corrected chi connectivity index (χ1v) is 8.50. The fourth-order valence-corrected chi connectivity index (χ4v) is 3.46. The van der Waals surface area contributed by atoms with E-state index in [1.807, 2.05) is 5.01 Å². The number of anilines is 2. The number of pyridine rings is 1. The molecule has 3 heterocycles. The predicted octanol–water partition coefficient (Wildman–Crippen LogP) is 2.53. The zero-order chi connectivity index (χ0) is 18.1. The summed E-state index contributed by atoms with van der Waals surface area (Å²) in [5.41, 5.74) is 5.46. The topological polar surface area (TPSA) is 86.7 Å². The third-order valence-electron chi connectivity index (χ3n) is 4.74. The highest BCUT2D eigenvalue weighted by atomic mass is 19.1.